The number of nitrogens with one attached hydrogen (secondary N) is 1. The first-order chi connectivity index (χ1) is 17.4. The second-order valence-corrected chi connectivity index (χ2v) is 9.87. The Morgan fingerprint density at radius 1 is 0.972 bits per heavy atom. The van der Waals surface area contributed by atoms with Gasteiger partial charge in [0.05, 0.1) is 24.9 Å². The molecule has 5 nitrogen and oxygen atoms in total. The van der Waals surface area contributed by atoms with E-state index in [1.807, 2.05) is 30.5 Å². The van der Waals surface area contributed by atoms with Crippen LogP contribution in [0.5, 0.6) is 5.75 Å². The van der Waals surface area contributed by atoms with Gasteiger partial charge < -0.3 is 19.5 Å². The molecule has 6 heteroatoms. The first kappa shape index (κ1) is 24.1. The van der Waals surface area contributed by atoms with Gasteiger partial charge in [-0.3, -0.25) is 4.98 Å². The number of thiocarbonyl (C=S) groups is 1. The largest absolute Gasteiger partial charge is 0.497 e. The Bertz CT molecular complexity index is 1390. The Morgan fingerprint density at radius 2 is 1.75 bits per heavy atom. The quantitative estimate of drug-likeness (QED) is 0.318. The number of rotatable bonds is 6. The molecular formula is C30H32N4OS. The second kappa shape index (κ2) is 9.78. The van der Waals surface area contributed by atoms with E-state index < -0.39 is 0 Å². The van der Waals surface area contributed by atoms with Crippen molar-refractivity contribution in [2.75, 3.05) is 7.11 Å². The molecule has 0 bridgehead atoms. The van der Waals surface area contributed by atoms with Crippen molar-refractivity contribution in [1.82, 2.24) is 19.8 Å². The van der Waals surface area contributed by atoms with Crippen LogP contribution in [0.1, 0.15) is 51.4 Å². The smallest absolute Gasteiger partial charge is 0.170 e. The maximum atomic E-state index is 5.91. The Hall–Kier alpha value is -3.64. The van der Waals surface area contributed by atoms with Crippen molar-refractivity contribution in [3.63, 3.8) is 0 Å². The molecule has 1 N–H and O–H groups in total. The number of benzene rings is 2. The fraction of sp³-hybridized carbons (Fsp3) is 0.267. The molecule has 0 aliphatic carbocycles. The number of hydrogen-bond acceptors (Lipinski definition) is 3. The molecule has 4 aromatic rings. The minimum Gasteiger partial charge on any atom is -0.497 e. The Labute approximate surface area is 218 Å². The molecule has 2 atom stereocenters. The zero-order chi connectivity index (χ0) is 25.4. The normalized spacial score (nSPS) is 17.4. The molecule has 3 heterocycles. The predicted molar refractivity (Wildman–Crippen MR) is 149 cm³/mol. The minimum absolute atomic E-state index is 0.000401. The van der Waals surface area contributed by atoms with Gasteiger partial charge in [-0.15, -0.1) is 0 Å². The molecule has 1 aliphatic rings. The molecule has 0 amide bonds. The highest BCUT2D eigenvalue weighted by atomic mass is 32.1. The zero-order valence-electron chi connectivity index (χ0n) is 21.4. The number of ether oxygens (including phenoxy) is 1. The maximum Gasteiger partial charge on any atom is 0.170 e. The van der Waals surface area contributed by atoms with Crippen LogP contribution >= 0.6 is 12.2 Å². The lowest BCUT2D eigenvalue weighted by Gasteiger charge is -2.28. The summed E-state index contributed by atoms with van der Waals surface area (Å²) in [5.74, 6) is 0.848. The van der Waals surface area contributed by atoms with Gasteiger partial charge in [-0.25, -0.2) is 0 Å². The van der Waals surface area contributed by atoms with Crippen LogP contribution in [0.25, 0.3) is 5.69 Å². The van der Waals surface area contributed by atoms with E-state index in [4.69, 9.17) is 21.9 Å². The van der Waals surface area contributed by atoms with E-state index in [2.05, 4.69) is 84.9 Å². The van der Waals surface area contributed by atoms with E-state index in [0.717, 1.165) is 16.6 Å². The average molecular weight is 497 g/mol. The van der Waals surface area contributed by atoms with Crippen molar-refractivity contribution < 1.29 is 4.74 Å². The molecule has 1 fully saturated rings. The summed E-state index contributed by atoms with van der Waals surface area (Å²) in [4.78, 5) is 7.00. The molecule has 1 saturated heterocycles. The van der Waals surface area contributed by atoms with Gasteiger partial charge >= 0.3 is 0 Å². The van der Waals surface area contributed by atoms with E-state index in [0.29, 0.717) is 6.54 Å². The summed E-state index contributed by atoms with van der Waals surface area (Å²) in [6.07, 6.45) is 1.85. The number of pyridine rings is 1. The third-order valence-corrected chi connectivity index (χ3v) is 7.67. The van der Waals surface area contributed by atoms with Gasteiger partial charge in [-0.1, -0.05) is 30.3 Å². The maximum absolute atomic E-state index is 5.91. The molecule has 0 saturated carbocycles. The minimum atomic E-state index is -0.0514. The molecule has 5 rings (SSSR count). The number of aromatic nitrogens is 2. The average Bonchev–Trinajstić information content (AvgIpc) is 3.36. The van der Waals surface area contributed by atoms with Crippen LogP contribution in [0.4, 0.5) is 0 Å². The first-order valence-electron chi connectivity index (χ1n) is 12.3. The zero-order valence-corrected chi connectivity index (χ0v) is 22.3. The van der Waals surface area contributed by atoms with E-state index in [1.165, 1.54) is 39.3 Å². The summed E-state index contributed by atoms with van der Waals surface area (Å²) >= 11 is 5.91. The highest BCUT2D eigenvalue weighted by Crippen LogP contribution is 2.42. The van der Waals surface area contributed by atoms with Crippen LogP contribution in [0.3, 0.4) is 0 Å². The molecule has 2 aromatic carbocycles. The van der Waals surface area contributed by atoms with E-state index in [9.17, 15) is 0 Å². The van der Waals surface area contributed by atoms with Crippen molar-refractivity contribution in [2.45, 2.75) is 46.3 Å². The third kappa shape index (κ3) is 4.26. The van der Waals surface area contributed by atoms with Crippen molar-refractivity contribution in [3.8, 4) is 11.4 Å². The van der Waals surface area contributed by atoms with Gasteiger partial charge in [0.15, 0.2) is 5.11 Å². The van der Waals surface area contributed by atoms with Gasteiger partial charge in [0.1, 0.15) is 5.75 Å². The Kier molecular flexibility index (Phi) is 6.54. The molecule has 0 unspecified atom stereocenters. The lowest BCUT2D eigenvalue weighted by atomic mass is 9.96. The van der Waals surface area contributed by atoms with E-state index >= 15 is 0 Å². The predicted octanol–water partition coefficient (Wildman–Crippen LogP) is 6.29. The number of methoxy groups -OCH3 is 1. The summed E-state index contributed by atoms with van der Waals surface area (Å²) in [5, 5.41) is 4.33. The highest BCUT2D eigenvalue weighted by Gasteiger charge is 2.41. The van der Waals surface area contributed by atoms with Gasteiger partial charge in [0.25, 0.3) is 0 Å². The third-order valence-electron chi connectivity index (χ3n) is 7.32. The van der Waals surface area contributed by atoms with Gasteiger partial charge in [0, 0.05) is 29.8 Å². The summed E-state index contributed by atoms with van der Waals surface area (Å²) in [6, 6.07) is 23.0. The number of hydrogen-bond donors (Lipinski definition) is 1. The van der Waals surface area contributed by atoms with E-state index in [1.54, 1.807) is 7.11 Å². The molecule has 184 valence electrons. The number of nitrogens with zero attached hydrogens (tertiary/aromatic N) is 3. The fourth-order valence-corrected chi connectivity index (χ4v) is 5.58. The highest BCUT2D eigenvalue weighted by molar-refractivity contribution is 7.80. The van der Waals surface area contributed by atoms with Crippen LogP contribution in [0, 0.1) is 27.7 Å². The van der Waals surface area contributed by atoms with Gasteiger partial charge in [-0.05, 0) is 98.6 Å². The van der Waals surface area contributed by atoms with E-state index in [-0.39, 0.29) is 12.1 Å². The van der Waals surface area contributed by atoms with Crippen molar-refractivity contribution in [3.05, 3.63) is 112 Å². The summed E-state index contributed by atoms with van der Waals surface area (Å²) in [7, 11) is 1.69. The second-order valence-electron chi connectivity index (χ2n) is 9.48. The van der Waals surface area contributed by atoms with Crippen molar-refractivity contribution in [1.29, 1.82) is 0 Å². The van der Waals surface area contributed by atoms with Crippen LogP contribution < -0.4 is 10.1 Å². The molecule has 0 radical (unpaired) electrons. The van der Waals surface area contributed by atoms with Crippen LogP contribution in [0.2, 0.25) is 0 Å². The lowest BCUT2D eigenvalue weighted by Crippen LogP contribution is -2.29. The molecule has 2 aromatic heterocycles. The van der Waals surface area contributed by atoms with Crippen molar-refractivity contribution in [2.24, 2.45) is 0 Å². The van der Waals surface area contributed by atoms with Gasteiger partial charge in [-0.2, -0.15) is 0 Å². The summed E-state index contributed by atoms with van der Waals surface area (Å²) < 4.78 is 7.73. The molecule has 1 aliphatic heterocycles. The van der Waals surface area contributed by atoms with Crippen LogP contribution in [-0.2, 0) is 6.54 Å². The summed E-state index contributed by atoms with van der Waals surface area (Å²) in [6.45, 7) is 9.45. The summed E-state index contributed by atoms with van der Waals surface area (Å²) in [5.41, 5.74) is 9.65. The molecule has 36 heavy (non-hydrogen) atoms. The molecule has 0 spiro atoms. The Morgan fingerprint density at radius 3 is 2.44 bits per heavy atom. The topological polar surface area (TPSA) is 42.3 Å². The van der Waals surface area contributed by atoms with Crippen LogP contribution in [0.15, 0.2) is 72.9 Å². The van der Waals surface area contributed by atoms with Gasteiger partial charge in [0.2, 0.25) is 0 Å². The lowest BCUT2D eigenvalue weighted by molar-refractivity contribution is 0.310. The van der Waals surface area contributed by atoms with Crippen molar-refractivity contribution >= 4 is 17.3 Å². The standard InChI is InChI=1S/C30H32N4OS/c1-19-9-8-11-27(21(19)3)34-20(2)17-25(22(34)4)29-28(26-10-6-7-16-31-26)32-30(36)33(29)18-23-12-14-24(35-5)15-13-23/h6-17,28-29H,18H2,1-5H3,(H,32,36)/t28-,29+/m1/s1. The van der Waals surface area contributed by atoms with Crippen LogP contribution in [-0.4, -0.2) is 26.7 Å². The first-order valence-corrected chi connectivity index (χ1v) is 12.7. The number of aryl methyl sites for hydroxylation is 2. The Balaban J connectivity index is 1.61. The monoisotopic (exact) mass is 496 g/mol. The fourth-order valence-electron chi connectivity index (χ4n) is 5.28. The SMILES string of the molecule is COc1ccc(CN2C(=S)N[C@H](c3ccccn3)[C@@H]2c2cc(C)n(-c3cccc(C)c3C)c2C)cc1. The molecular weight excluding hydrogens is 464 g/mol.